The van der Waals surface area contributed by atoms with Crippen molar-refractivity contribution in [2.24, 2.45) is 23.3 Å². The number of nitrogens with one attached hydrogen (secondary N) is 6. The summed E-state index contributed by atoms with van der Waals surface area (Å²) in [6, 6.07) is 3.28. The van der Waals surface area contributed by atoms with Crippen LogP contribution in [0, 0.1) is 22.7 Å². The Labute approximate surface area is 271 Å². The number of nitrogens with zero attached hydrogens (tertiary/aromatic N) is 2. The summed E-state index contributed by atoms with van der Waals surface area (Å²) in [5.74, 6) is -0.175. The molecular formula is C32H52N10O4. The first-order chi connectivity index (χ1) is 21.7. The second-order valence-electron chi connectivity index (χ2n) is 12.3. The van der Waals surface area contributed by atoms with Crippen molar-refractivity contribution in [1.82, 2.24) is 19.8 Å². The molecule has 0 saturated carbocycles. The number of hydrogen-bond acceptors (Lipinski definition) is 6. The first-order valence-electron chi connectivity index (χ1n) is 16.0. The van der Waals surface area contributed by atoms with Gasteiger partial charge in [0, 0.05) is 64.3 Å². The van der Waals surface area contributed by atoms with Crippen LogP contribution in [0.15, 0.2) is 24.5 Å². The minimum Gasteiger partial charge on any atom is -0.388 e. The Balaban J connectivity index is 1.89. The Morgan fingerprint density at radius 1 is 0.674 bits per heavy atom. The van der Waals surface area contributed by atoms with Crippen LogP contribution in [0.2, 0.25) is 0 Å². The number of nitrogens with two attached hydrogens (primary N) is 2. The van der Waals surface area contributed by atoms with Crippen molar-refractivity contribution in [2.45, 2.75) is 92.2 Å². The van der Waals surface area contributed by atoms with Crippen molar-refractivity contribution in [3.63, 3.8) is 0 Å². The number of aromatic nitrogens is 2. The molecular weight excluding hydrogens is 588 g/mol. The van der Waals surface area contributed by atoms with Crippen molar-refractivity contribution >= 4 is 46.7 Å². The number of hydrogen-bond donors (Lipinski definition) is 8. The number of carbonyl (C=O) groups excluding carboxylic acids is 4. The van der Waals surface area contributed by atoms with Crippen LogP contribution < -0.4 is 32.7 Å². The monoisotopic (exact) mass is 640 g/mol. The molecule has 14 nitrogen and oxygen atoms in total. The maximum absolute atomic E-state index is 12.7. The molecule has 4 amide bonds. The normalized spacial score (nSPS) is 11.0. The number of rotatable bonds is 21. The lowest BCUT2D eigenvalue weighted by Crippen LogP contribution is -2.29. The third kappa shape index (κ3) is 14.0. The summed E-state index contributed by atoms with van der Waals surface area (Å²) >= 11 is 0. The first kappa shape index (κ1) is 37.6. The topological polar surface area (TPSA) is 226 Å². The highest BCUT2D eigenvalue weighted by Crippen LogP contribution is 2.19. The van der Waals surface area contributed by atoms with E-state index in [0.29, 0.717) is 60.5 Å². The van der Waals surface area contributed by atoms with Gasteiger partial charge in [0.25, 0.3) is 11.8 Å². The maximum atomic E-state index is 12.7. The van der Waals surface area contributed by atoms with E-state index in [1.54, 1.807) is 24.5 Å². The summed E-state index contributed by atoms with van der Waals surface area (Å²) in [6.45, 7) is 10.1. The van der Waals surface area contributed by atoms with Crippen molar-refractivity contribution in [3.8, 4) is 0 Å². The Bertz CT molecular complexity index is 1260. The van der Waals surface area contributed by atoms with Crippen LogP contribution >= 0.6 is 0 Å². The van der Waals surface area contributed by atoms with Crippen LogP contribution in [0.3, 0.4) is 0 Å². The summed E-state index contributed by atoms with van der Waals surface area (Å²) < 4.78 is 3.64. The van der Waals surface area contributed by atoms with Gasteiger partial charge in [0.1, 0.15) is 11.4 Å². The van der Waals surface area contributed by atoms with Crippen molar-refractivity contribution in [1.29, 1.82) is 10.8 Å². The molecule has 254 valence electrons. The smallest absolute Gasteiger partial charge is 0.267 e. The molecule has 0 fully saturated rings. The van der Waals surface area contributed by atoms with Crippen LogP contribution in [-0.4, -0.2) is 57.5 Å². The Morgan fingerprint density at radius 2 is 1.04 bits per heavy atom. The van der Waals surface area contributed by atoms with Crippen LogP contribution in [0.4, 0.5) is 11.4 Å². The largest absolute Gasteiger partial charge is 0.388 e. The molecule has 0 unspecified atom stereocenters. The van der Waals surface area contributed by atoms with Crippen molar-refractivity contribution in [2.75, 3.05) is 23.7 Å². The number of anilines is 2. The van der Waals surface area contributed by atoms with E-state index < -0.39 is 0 Å². The number of amides is 4. The van der Waals surface area contributed by atoms with Gasteiger partial charge in [0.2, 0.25) is 11.8 Å². The van der Waals surface area contributed by atoms with Gasteiger partial charge in [-0.15, -0.1) is 0 Å². The lowest BCUT2D eigenvalue weighted by molar-refractivity contribution is -0.118. The van der Waals surface area contributed by atoms with Crippen LogP contribution in [0.5, 0.6) is 0 Å². The van der Waals surface area contributed by atoms with Gasteiger partial charge < -0.3 is 41.9 Å². The van der Waals surface area contributed by atoms with E-state index in [0.717, 1.165) is 12.8 Å². The molecule has 0 aromatic carbocycles. The molecule has 0 saturated heterocycles. The number of aryl methyl sites for hydroxylation is 2. The molecule has 0 aliphatic rings. The Kier molecular flexibility index (Phi) is 15.5. The Hall–Kier alpha value is -4.62. The molecule has 0 bridgehead atoms. The van der Waals surface area contributed by atoms with Crippen LogP contribution in [-0.2, 0) is 22.7 Å². The molecule has 2 rings (SSSR count). The van der Waals surface area contributed by atoms with E-state index in [2.05, 4.69) is 49.0 Å². The van der Waals surface area contributed by atoms with Gasteiger partial charge in [-0.05, 0) is 49.7 Å². The second kappa shape index (κ2) is 19.0. The van der Waals surface area contributed by atoms with E-state index in [4.69, 9.17) is 22.3 Å². The van der Waals surface area contributed by atoms with Gasteiger partial charge in [-0.1, -0.05) is 27.7 Å². The van der Waals surface area contributed by atoms with E-state index >= 15 is 0 Å². The molecule has 0 aliphatic carbocycles. The fourth-order valence-electron chi connectivity index (χ4n) is 4.52. The van der Waals surface area contributed by atoms with Gasteiger partial charge in [0.15, 0.2) is 0 Å². The average Bonchev–Trinajstić information content (AvgIpc) is 3.56. The molecule has 2 heterocycles. The molecule has 46 heavy (non-hydrogen) atoms. The van der Waals surface area contributed by atoms with Gasteiger partial charge in [-0.25, -0.2) is 0 Å². The summed E-state index contributed by atoms with van der Waals surface area (Å²) in [4.78, 5) is 50.8. The molecule has 2 aromatic heterocycles. The lowest BCUT2D eigenvalue weighted by Gasteiger charge is -2.11. The number of unbranched alkanes of at least 4 members (excludes halogenated alkanes) is 1. The molecule has 14 heteroatoms. The highest BCUT2D eigenvalue weighted by Gasteiger charge is 2.17. The van der Waals surface area contributed by atoms with Crippen molar-refractivity contribution < 1.29 is 19.2 Å². The minimum atomic E-state index is -0.299. The van der Waals surface area contributed by atoms with Crippen molar-refractivity contribution in [3.05, 3.63) is 35.9 Å². The highest BCUT2D eigenvalue weighted by molar-refractivity contribution is 5.98. The Morgan fingerprint density at radius 3 is 1.37 bits per heavy atom. The zero-order valence-corrected chi connectivity index (χ0v) is 27.6. The van der Waals surface area contributed by atoms with E-state index in [1.165, 1.54) is 0 Å². The highest BCUT2D eigenvalue weighted by atomic mass is 16.2. The van der Waals surface area contributed by atoms with Crippen LogP contribution in [0.1, 0.15) is 100 Å². The summed E-state index contributed by atoms with van der Waals surface area (Å²) in [6.07, 6.45) is 7.13. The van der Waals surface area contributed by atoms with Gasteiger partial charge >= 0.3 is 0 Å². The zero-order chi connectivity index (χ0) is 34.2. The second-order valence-corrected chi connectivity index (χ2v) is 12.3. The predicted octanol–water partition coefficient (Wildman–Crippen LogP) is 3.63. The third-order valence-corrected chi connectivity index (χ3v) is 7.14. The molecule has 10 N–H and O–H groups in total. The lowest BCUT2D eigenvalue weighted by atomic mass is 10.1. The molecule has 0 spiro atoms. The van der Waals surface area contributed by atoms with Gasteiger partial charge in [-0.2, -0.15) is 0 Å². The summed E-state index contributed by atoms with van der Waals surface area (Å²) in [5.41, 5.74) is 12.6. The number of amidine groups is 2. The molecule has 2 aromatic rings. The summed E-state index contributed by atoms with van der Waals surface area (Å²) in [5, 5.41) is 25.9. The van der Waals surface area contributed by atoms with E-state index in [-0.39, 0.29) is 74.1 Å². The average molecular weight is 641 g/mol. The fourth-order valence-corrected chi connectivity index (χ4v) is 4.52. The summed E-state index contributed by atoms with van der Waals surface area (Å²) in [7, 11) is 0. The minimum absolute atomic E-state index is 0.00561. The van der Waals surface area contributed by atoms with Gasteiger partial charge in [0.05, 0.1) is 23.0 Å². The zero-order valence-electron chi connectivity index (χ0n) is 27.6. The standard InChI is InChI=1S/C32H52N10O4/c1-21(2)11-15-41-19-23(17-25(41)31(45)37-13-9-27(33)34)39-29(43)7-5-6-8-30(44)40-24-18-26(32(46)38-14-10-28(35)36)42(20-24)16-12-22(3)4/h17-22H,5-16H2,1-4H3,(H3,33,34)(H3,35,36)(H,37,45)(H,38,46)(H,39,43)(H,40,44). The maximum Gasteiger partial charge on any atom is 0.267 e. The fraction of sp³-hybridized carbons (Fsp3) is 0.562. The van der Waals surface area contributed by atoms with E-state index in [9.17, 15) is 19.2 Å². The predicted molar refractivity (Wildman–Crippen MR) is 181 cm³/mol. The van der Waals surface area contributed by atoms with Gasteiger partial charge in [-0.3, -0.25) is 30.0 Å². The quantitative estimate of drug-likeness (QED) is 0.0577. The first-order valence-corrected chi connectivity index (χ1v) is 16.0. The van der Waals surface area contributed by atoms with E-state index in [1.807, 2.05) is 9.13 Å². The molecule has 0 radical (unpaired) electrons. The third-order valence-electron chi connectivity index (χ3n) is 7.14. The number of carbonyl (C=O) groups is 4. The van der Waals surface area contributed by atoms with Crippen LogP contribution in [0.25, 0.3) is 0 Å². The molecule has 0 aliphatic heterocycles. The molecule has 0 atom stereocenters. The SMILES string of the molecule is CC(C)CCn1cc(NC(=O)CCCCC(=O)Nc2cc(C(=O)NCCC(=N)N)n(CCC(C)C)c2)cc1C(=O)NCCC(=N)N.